The van der Waals surface area contributed by atoms with Crippen molar-refractivity contribution < 1.29 is 4.74 Å². The number of aryl methyl sites for hydroxylation is 2. The first kappa shape index (κ1) is 12.7. The zero-order chi connectivity index (χ0) is 12.1. The number of unbranched alkanes of at least 4 members (excludes halogenated alkanes) is 1. The molecule has 0 amide bonds. The van der Waals surface area contributed by atoms with E-state index < -0.39 is 0 Å². The Labute approximate surface area is 106 Å². The van der Waals surface area contributed by atoms with E-state index in [1.165, 1.54) is 37.5 Å². The second-order valence-electron chi connectivity index (χ2n) is 5.19. The molecule has 17 heavy (non-hydrogen) atoms. The maximum absolute atomic E-state index is 5.47. The number of ether oxygens (including phenoxy) is 1. The van der Waals surface area contributed by atoms with Crippen molar-refractivity contribution >= 4 is 12.2 Å². The molecule has 1 aromatic carbocycles. The number of hydrogen-bond acceptors (Lipinski definition) is 1. The van der Waals surface area contributed by atoms with Gasteiger partial charge in [-0.2, -0.15) is 0 Å². The molecule has 1 saturated heterocycles. The second kappa shape index (κ2) is 6.25. The Morgan fingerprint density at radius 1 is 1.24 bits per heavy atom. The zero-order valence-electron chi connectivity index (χ0n) is 11.2. The van der Waals surface area contributed by atoms with Crippen molar-refractivity contribution in [2.75, 3.05) is 13.2 Å². The predicted octanol–water partition coefficient (Wildman–Crippen LogP) is 3.07. The molecule has 0 spiro atoms. The van der Waals surface area contributed by atoms with Crippen LogP contribution in [0.2, 0.25) is 12.6 Å². The molecule has 1 fully saturated rings. The average Bonchev–Trinajstić information content (AvgIpc) is 2.37. The summed E-state index contributed by atoms with van der Waals surface area (Å²) in [4.78, 5) is 0. The van der Waals surface area contributed by atoms with Crippen LogP contribution in [0.5, 0.6) is 0 Å². The first-order valence-corrected chi connectivity index (χ1v) is 6.98. The van der Waals surface area contributed by atoms with E-state index in [1.54, 1.807) is 11.0 Å². The van der Waals surface area contributed by atoms with Gasteiger partial charge < -0.3 is 4.74 Å². The Morgan fingerprint density at radius 2 is 2.00 bits per heavy atom. The normalized spacial score (nSPS) is 16.2. The van der Waals surface area contributed by atoms with Crippen LogP contribution in [0.3, 0.4) is 0 Å². The first-order chi connectivity index (χ1) is 8.31. The molecule has 1 aliphatic heterocycles. The van der Waals surface area contributed by atoms with E-state index in [9.17, 15) is 0 Å². The number of benzene rings is 1. The van der Waals surface area contributed by atoms with Gasteiger partial charge in [-0.1, -0.05) is 48.1 Å². The molecule has 2 rings (SSSR count). The van der Waals surface area contributed by atoms with Crippen LogP contribution in [0.1, 0.15) is 30.9 Å². The maximum Gasteiger partial charge on any atom is 0.180 e. The van der Waals surface area contributed by atoms with Gasteiger partial charge in [-0.3, -0.25) is 0 Å². The van der Waals surface area contributed by atoms with Crippen LogP contribution >= 0.6 is 0 Å². The number of hydrogen-bond donors (Lipinski definition) is 0. The lowest BCUT2D eigenvalue weighted by Gasteiger charge is -2.22. The minimum atomic E-state index is 0.733. The highest BCUT2D eigenvalue weighted by Crippen LogP contribution is 2.13. The van der Waals surface area contributed by atoms with Crippen LogP contribution in [-0.4, -0.2) is 19.9 Å². The fourth-order valence-corrected chi connectivity index (χ4v) is 2.73. The fraction of sp³-hybridized carbons (Fsp3) is 0.600. The highest BCUT2D eigenvalue weighted by Gasteiger charge is 2.22. The Kier molecular flexibility index (Phi) is 4.67. The van der Waals surface area contributed by atoms with Gasteiger partial charge in [-0.25, -0.2) is 0 Å². The topological polar surface area (TPSA) is 9.23 Å². The lowest BCUT2D eigenvalue weighted by Crippen LogP contribution is -2.37. The van der Waals surface area contributed by atoms with Crippen LogP contribution in [0, 0.1) is 6.92 Å². The van der Waals surface area contributed by atoms with Gasteiger partial charge in [-0.05, 0) is 32.4 Å². The van der Waals surface area contributed by atoms with Crippen molar-refractivity contribution in [3.63, 3.8) is 0 Å². The molecule has 1 aromatic rings. The second-order valence-corrected chi connectivity index (χ2v) is 5.19. The number of rotatable bonds is 4. The van der Waals surface area contributed by atoms with Crippen molar-refractivity contribution in [1.29, 1.82) is 0 Å². The molecule has 0 unspecified atom stereocenters. The largest absolute Gasteiger partial charge is 0.383 e. The molecule has 0 radical (unpaired) electrons. The Morgan fingerprint density at radius 3 is 2.71 bits per heavy atom. The first-order valence-electron chi connectivity index (χ1n) is 6.98. The Hall–Kier alpha value is -0.755. The van der Waals surface area contributed by atoms with E-state index in [4.69, 9.17) is 4.74 Å². The summed E-state index contributed by atoms with van der Waals surface area (Å²) in [5.74, 6) is 0. The van der Waals surface area contributed by atoms with Gasteiger partial charge in [0.15, 0.2) is 6.71 Å². The van der Waals surface area contributed by atoms with E-state index in [-0.39, 0.29) is 0 Å². The molecule has 0 bridgehead atoms. The van der Waals surface area contributed by atoms with E-state index in [1.807, 2.05) is 0 Å². The van der Waals surface area contributed by atoms with Crippen molar-refractivity contribution in [2.45, 2.75) is 45.8 Å². The van der Waals surface area contributed by atoms with Crippen LogP contribution in [0.15, 0.2) is 18.2 Å². The monoisotopic (exact) mass is 230 g/mol. The van der Waals surface area contributed by atoms with Crippen molar-refractivity contribution in [3.05, 3.63) is 29.3 Å². The minimum Gasteiger partial charge on any atom is -0.383 e. The minimum absolute atomic E-state index is 0.733. The Bertz CT molecular complexity index is 356. The van der Waals surface area contributed by atoms with Crippen molar-refractivity contribution in [1.82, 2.24) is 0 Å². The third-order valence-electron chi connectivity index (χ3n) is 3.76. The van der Waals surface area contributed by atoms with Crippen LogP contribution < -0.4 is 5.46 Å². The molecular weight excluding hydrogens is 207 g/mol. The van der Waals surface area contributed by atoms with Crippen molar-refractivity contribution in [3.8, 4) is 0 Å². The summed E-state index contributed by atoms with van der Waals surface area (Å²) < 4.78 is 5.47. The maximum atomic E-state index is 5.47. The van der Waals surface area contributed by atoms with Gasteiger partial charge >= 0.3 is 0 Å². The standard InChI is InChI=1S/C15H23BO/c1-3-4-5-14-12-13(2)6-7-15(14)16-8-10-17-11-9-16/h6-7,12H,3-5,8-11H2,1-2H3. The van der Waals surface area contributed by atoms with E-state index in [2.05, 4.69) is 32.0 Å². The fourth-order valence-electron chi connectivity index (χ4n) is 2.73. The molecule has 1 heterocycles. The third-order valence-corrected chi connectivity index (χ3v) is 3.76. The van der Waals surface area contributed by atoms with Crippen molar-refractivity contribution in [2.24, 2.45) is 0 Å². The van der Waals surface area contributed by atoms with Gasteiger partial charge in [0.05, 0.1) is 0 Å². The summed E-state index contributed by atoms with van der Waals surface area (Å²) in [5, 5.41) is 0. The molecular formula is C15H23BO. The lowest BCUT2D eigenvalue weighted by atomic mass is 9.39. The van der Waals surface area contributed by atoms with Crippen LogP contribution in [-0.2, 0) is 11.2 Å². The summed E-state index contributed by atoms with van der Waals surface area (Å²) in [6.45, 7) is 7.07. The molecule has 0 aliphatic carbocycles. The van der Waals surface area contributed by atoms with Crippen LogP contribution in [0.25, 0.3) is 0 Å². The summed E-state index contributed by atoms with van der Waals surface area (Å²) in [6.07, 6.45) is 6.22. The quantitative estimate of drug-likeness (QED) is 0.722. The highest BCUT2D eigenvalue weighted by atomic mass is 16.5. The molecule has 1 nitrogen and oxygen atoms in total. The van der Waals surface area contributed by atoms with E-state index in [0.29, 0.717) is 0 Å². The molecule has 1 aliphatic rings. The van der Waals surface area contributed by atoms with Crippen LogP contribution in [0.4, 0.5) is 0 Å². The van der Waals surface area contributed by atoms with Gasteiger partial charge in [0.25, 0.3) is 0 Å². The zero-order valence-corrected chi connectivity index (χ0v) is 11.2. The Balaban J connectivity index is 2.18. The van der Waals surface area contributed by atoms with E-state index in [0.717, 1.165) is 19.9 Å². The van der Waals surface area contributed by atoms with Gasteiger partial charge in [0.2, 0.25) is 0 Å². The molecule has 0 saturated carbocycles. The van der Waals surface area contributed by atoms with Gasteiger partial charge in [-0.15, -0.1) is 0 Å². The lowest BCUT2D eigenvalue weighted by molar-refractivity contribution is 0.151. The molecule has 92 valence electrons. The highest BCUT2D eigenvalue weighted by molar-refractivity contribution is 6.73. The SMILES string of the molecule is CCCCc1cc(C)ccc1B1CCOCC1. The smallest absolute Gasteiger partial charge is 0.180 e. The third kappa shape index (κ3) is 3.35. The molecule has 0 N–H and O–H groups in total. The van der Waals surface area contributed by atoms with E-state index >= 15 is 0 Å². The van der Waals surface area contributed by atoms with Gasteiger partial charge in [0.1, 0.15) is 0 Å². The molecule has 0 atom stereocenters. The average molecular weight is 230 g/mol. The molecule has 2 heteroatoms. The molecule has 0 aromatic heterocycles. The summed E-state index contributed by atoms with van der Waals surface area (Å²) in [5.41, 5.74) is 4.57. The summed E-state index contributed by atoms with van der Waals surface area (Å²) >= 11 is 0. The predicted molar refractivity (Wildman–Crippen MR) is 75.6 cm³/mol. The summed E-state index contributed by atoms with van der Waals surface area (Å²) in [7, 11) is 0. The van der Waals surface area contributed by atoms with Gasteiger partial charge in [0, 0.05) is 13.2 Å². The summed E-state index contributed by atoms with van der Waals surface area (Å²) in [6, 6.07) is 7.01.